The van der Waals surface area contributed by atoms with Crippen LogP contribution in [0.4, 0.5) is 9.18 Å². The fraction of sp³-hybridized carbons (Fsp3) is 0.480. The highest BCUT2D eigenvalue weighted by Crippen LogP contribution is 2.43. The summed E-state index contributed by atoms with van der Waals surface area (Å²) in [6.07, 6.45) is 1.55. The van der Waals surface area contributed by atoms with Gasteiger partial charge in [0.05, 0.1) is 5.54 Å². The molecule has 2 fully saturated rings. The number of carboxylic acid groups (broad SMARTS) is 1. The Bertz CT molecular complexity index is 1350. The maximum Gasteiger partial charge on any atom is 0.407 e. The van der Waals surface area contributed by atoms with Gasteiger partial charge in [0.2, 0.25) is 11.7 Å². The van der Waals surface area contributed by atoms with E-state index in [9.17, 15) is 33.8 Å². The van der Waals surface area contributed by atoms with Crippen LogP contribution in [-0.2, 0) is 23.4 Å². The lowest BCUT2D eigenvalue weighted by Gasteiger charge is -2.42. The maximum absolute atomic E-state index is 13.6. The molecule has 11 nitrogen and oxygen atoms in total. The van der Waals surface area contributed by atoms with Crippen LogP contribution in [0.2, 0.25) is 0 Å². The molecule has 6 rings (SSSR count). The molecule has 3 aliphatic heterocycles. The molecule has 1 aromatic carbocycles. The van der Waals surface area contributed by atoms with E-state index in [1.54, 1.807) is 13.0 Å². The van der Waals surface area contributed by atoms with Crippen LogP contribution < -0.4 is 16.2 Å². The predicted octanol–water partition coefficient (Wildman–Crippen LogP) is 1.59. The quantitative estimate of drug-likeness (QED) is 0.473. The van der Waals surface area contributed by atoms with Crippen molar-refractivity contribution < 1.29 is 29.0 Å². The fourth-order valence-electron chi connectivity index (χ4n) is 5.54. The third-order valence-electron chi connectivity index (χ3n) is 7.79. The molecule has 1 atom stereocenters. The number of fused-ring (bicyclic) bond motifs is 2. The number of nitrogens with zero attached hydrogens (tertiary/aromatic N) is 3. The van der Waals surface area contributed by atoms with Crippen molar-refractivity contribution in [3.63, 3.8) is 0 Å². The molecule has 4 heterocycles. The van der Waals surface area contributed by atoms with Crippen LogP contribution in [0.5, 0.6) is 5.75 Å². The minimum Gasteiger partial charge on any atom is -0.501 e. The van der Waals surface area contributed by atoms with Crippen molar-refractivity contribution in [3.8, 4) is 5.75 Å². The van der Waals surface area contributed by atoms with Gasteiger partial charge in [-0.25, -0.2) is 14.2 Å². The molecule has 196 valence electrons. The van der Waals surface area contributed by atoms with E-state index in [0.29, 0.717) is 49.8 Å². The molecule has 4 aliphatic rings. The SMILES string of the molecule is Cc1cc(CNC(=O)c2nc3n(c(=O)c2O)CC2CCC3(NC(=O)[C@H]3CCN3C(=O)O)CC2)ccc1F. The van der Waals surface area contributed by atoms with Crippen molar-refractivity contribution in [2.24, 2.45) is 5.92 Å². The van der Waals surface area contributed by atoms with Crippen molar-refractivity contribution in [1.29, 1.82) is 0 Å². The Kier molecular flexibility index (Phi) is 6.12. The standard InChI is InChI=1S/C25H28FN5O6/c1-13-10-15(2-3-16(13)26)11-27-21(34)18-19(32)22(35)31-12-14-4-7-25(8-5-14,23(31)28-18)29-20(33)17-6-9-30(17)24(36)37/h2-3,10,14,17,32H,4-9,11-12H2,1H3,(H,27,34)(H,29,33)(H,36,37)/t14?,17-,25?/m1/s1. The number of nitrogens with one attached hydrogen (secondary N) is 2. The summed E-state index contributed by atoms with van der Waals surface area (Å²) in [7, 11) is 0. The number of likely N-dealkylation sites (tertiary alicyclic amines) is 1. The highest BCUT2D eigenvalue weighted by atomic mass is 19.1. The zero-order valence-corrected chi connectivity index (χ0v) is 20.3. The van der Waals surface area contributed by atoms with E-state index >= 15 is 0 Å². The molecular formula is C25H28FN5O6. The van der Waals surface area contributed by atoms with Crippen LogP contribution in [0, 0.1) is 18.7 Å². The zero-order valence-electron chi connectivity index (χ0n) is 20.3. The number of carbonyl (C=O) groups is 3. The minimum absolute atomic E-state index is 0.0240. The molecule has 1 aromatic heterocycles. The van der Waals surface area contributed by atoms with Crippen LogP contribution in [0.25, 0.3) is 0 Å². The largest absolute Gasteiger partial charge is 0.501 e. The van der Waals surface area contributed by atoms with Crippen LogP contribution in [0.15, 0.2) is 23.0 Å². The van der Waals surface area contributed by atoms with Crippen LogP contribution in [0.1, 0.15) is 59.5 Å². The molecule has 0 radical (unpaired) electrons. The van der Waals surface area contributed by atoms with Gasteiger partial charge in [-0.1, -0.05) is 12.1 Å². The molecule has 2 bridgehead atoms. The predicted molar refractivity (Wildman–Crippen MR) is 127 cm³/mol. The highest BCUT2D eigenvalue weighted by molar-refractivity contribution is 5.94. The number of aromatic nitrogens is 2. The summed E-state index contributed by atoms with van der Waals surface area (Å²) in [6, 6.07) is 3.56. The average Bonchev–Trinajstić information content (AvgIpc) is 3.06. The molecule has 1 saturated carbocycles. The van der Waals surface area contributed by atoms with Gasteiger partial charge >= 0.3 is 6.09 Å². The highest BCUT2D eigenvalue weighted by Gasteiger charge is 2.48. The lowest BCUT2D eigenvalue weighted by atomic mass is 9.77. The van der Waals surface area contributed by atoms with Gasteiger partial charge in [-0.2, -0.15) is 0 Å². The second kappa shape index (κ2) is 9.16. The number of hydrogen-bond acceptors (Lipinski definition) is 6. The molecule has 4 N–H and O–H groups in total. The summed E-state index contributed by atoms with van der Waals surface area (Å²) in [4.78, 5) is 56.2. The molecule has 12 heteroatoms. The third-order valence-corrected chi connectivity index (χ3v) is 7.79. The lowest BCUT2D eigenvalue weighted by molar-refractivity contribution is -0.132. The maximum atomic E-state index is 13.6. The Balaban J connectivity index is 1.46. The van der Waals surface area contributed by atoms with Gasteiger partial charge in [-0.05, 0) is 62.1 Å². The number of amides is 3. The topological polar surface area (TPSA) is 154 Å². The zero-order chi connectivity index (χ0) is 26.5. The van der Waals surface area contributed by atoms with Crippen LogP contribution in [-0.4, -0.2) is 55.2 Å². The van der Waals surface area contributed by atoms with E-state index in [0.717, 1.165) is 4.90 Å². The Labute approximate surface area is 211 Å². The lowest BCUT2D eigenvalue weighted by Crippen LogP contribution is -2.61. The third kappa shape index (κ3) is 4.30. The first-order valence-corrected chi connectivity index (χ1v) is 12.3. The molecule has 3 amide bonds. The van der Waals surface area contributed by atoms with Gasteiger partial charge in [0, 0.05) is 19.6 Å². The van der Waals surface area contributed by atoms with E-state index in [-0.39, 0.29) is 30.6 Å². The van der Waals surface area contributed by atoms with Crippen molar-refractivity contribution in [2.45, 2.75) is 63.7 Å². The molecular weight excluding hydrogens is 485 g/mol. The first-order chi connectivity index (χ1) is 17.6. The number of aromatic hydroxyl groups is 1. The van der Waals surface area contributed by atoms with E-state index in [1.807, 2.05) is 0 Å². The monoisotopic (exact) mass is 513 g/mol. The van der Waals surface area contributed by atoms with E-state index in [1.165, 1.54) is 16.7 Å². The first-order valence-electron chi connectivity index (χ1n) is 12.3. The normalized spacial score (nSPS) is 24.0. The Morgan fingerprint density at radius 1 is 1.22 bits per heavy atom. The van der Waals surface area contributed by atoms with Gasteiger partial charge in [-0.15, -0.1) is 0 Å². The Hall–Kier alpha value is -3.96. The number of rotatable bonds is 5. The number of halogens is 1. The molecule has 1 saturated heterocycles. The molecule has 0 unspecified atom stereocenters. The summed E-state index contributed by atoms with van der Waals surface area (Å²) in [6.45, 7) is 2.19. The first kappa shape index (κ1) is 24.7. The van der Waals surface area contributed by atoms with Crippen molar-refractivity contribution in [2.75, 3.05) is 6.54 Å². The van der Waals surface area contributed by atoms with Gasteiger partial charge in [-0.3, -0.25) is 23.9 Å². The average molecular weight is 514 g/mol. The van der Waals surface area contributed by atoms with E-state index < -0.39 is 46.5 Å². The van der Waals surface area contributed by atoms with Crippen molar-refractivity contribution in [3.05, 3.63) is 57.0 Å². The van der Waals surface area contributed by atoms with Crippen molar-refractivity contribution in [1.82, 2.24) is 25.1 Å². The number of aryl methyl sites for hydroxylation is 1. The Morgan fingerprint density at radius 3 is 2.57 bits per heavy atom. The second-order valence-corrected chi connectivity index (χ2v) is 10.1. The van der Waals surface area contributed by atoms with Gasteiger partial charge in [0.25, 0.3) is 11.5 Å². The van der Waals surface area contributed by atoms with Gasteiger partial charge < -0.3 is 20.8 Å². The van der Waals surface area contributed by atoms with E-state index in [2.05, 4.69) is 15.6 Å². The fourth-order valence-corrected chi connectivity index (χ4v) is 5.54. The van der Waals surface area contributed by atoms with E-state index in [4.69, 9.17) is 0 Å². The summed E-state index contributed by atoms with van der Waals surface area (Å²) in [5, 5.41) is 25.5. The van der Waals surface area contributed by atoms with Crippen LogP contribution >= 0.6 is 0 Å². The number of hydrogen-bond donors (Lipinski definition) is 4. The minimum atomic E-state index is -1.18. The van der Waals surface area contributed by atoms with Crippen molar-refractivity contribution >= 4 is 17.9 Å². The smallest absolute Gasteiger partial charge is 0.407 e. The van der Waals surface area contributed by atoms with Crippen LogP contribution in [0.3, 0.4) is 0 Å². The summed E-state index contributed by atoms with van der Waals surface area (Å²) in [5.74, 6) is -2.07. The Morgan fingerprint density at radius 2 is 1.95 bits per heavy atom. The molecule has 2 aromatic rings. The number of carbonyl (C=O) groups excluding carboxylic acids is 2. The summed E-state index contributed by atoms with van der Waals surface area (Å²) >= 11 is 0. The molecule has 0 spiro atoms. The molecule has 37 heavy (non-hydrogen) atoms. The summed E-state index contributed by atoms with van der Waals surface area (Å²) in [5.41, 5.74) is -1.25. The number of benzene rings is 1. The van der Waals surface area contributed by atoms with Gasteiger partial charge in [0.15, 0.2) is 5.69 Å². The van der Waals surface area contributed by atoms with Gasteiger partial charge in [0.1, 0.15) is 17.7 Å². The summed E-state index contributed by atoms with van der Waals surface area (Å²) < 4.78 is 14.9. The second-order valence-electron chi connectivity index (χ2n) is 10.1. The molecule has 1 aliphatic carbocycles.